The van der Waals surface area contributed by atoms with Crippen LogP contribution in [0.25, 0.3) is 0 Å². The van der Waals surface area contributed by atoms with Crippen LogP contribution in [0.3, 0.4) is 0 Å². The first-order valence-electron chi connectivity index (χ1n) is 4.28. The second-order valence-corrected chi connectivity index (χ2v) is 4.27. The summed E-state index contributed by atoms with van der Waals surface area (Å²) < 4.78 is 0.972. The summed E-state index contributed by atoms with van der Waals surface area (Å²) in [6.07, 6.45) is 3.28. The molecular formula is C8H12BINO2. The molecule has 1 N–H and O–H groups in total. The van der Waals surface area contributed by atoms with Gasteiger partial charge in [0.15, 0.2) is 0 Å². The third kappa shape index (κ3) is 2.79. The van der Waals surface area contributed by atoms with Gasteiger partial charge in [-0.3, -0.25) is 0 Å². The summed E-state index contributed by atoms with van der Waals surface area (Å²) in [6.45, 7) is 2.58. The molecule has 1 aliphatic heterocycles. The number of halogens is 1. The highest BCUT2D eigenvalue weighted by atomic mass is 127. The molecule has 13 heavy (non-hydrogen) atoms. The van der Waals surface area contributed by atoms with E-state index in [1.807, 2.05) is 10.9 Å². The minimum absolute atomic E-state index is 0.250. The highest BCUT2D eigenvalue weighted by Crippen LogP contribution is 2.22. The second-order valence-electron chi connectivity index (χ2n) is 3.02. The summed E-state index contributed by atoms with van der Waals surface area (Å²) in [6, 6.07) is 0.250. The van der Waals surface area contributed by atoms with Gasteiger partial charge in [0.05, 0.1) is 12.3 Å². The van der Waals surface area contributed by atoms with E-state index in [1.165, 1.54) is 7.41 Å². The molecule has 0 aromatic rings. The van der Waals surface area contributed by atoms with E-state index in [-0.39, 0.29) is 6.04 Å². The van der Waals surface area contributed by atoms with Crippen LogP contribution in [0.1, 0.15) is 13.3 Å². The molecular weight excluding hydrogens is 280 g/mol. The van der Waals surface area contributed by atoms with Crippen molar-refractivity contribution in [1.29, 1.82) is 0 Å². The van der Waals surface area contributed by atoms with Gasteiger partial charge < -0.3 is 14.7 Å². The van der Waals surface area contributed by atoms with Gasteiger partial charge in [-0.15, -0.1) is 0 Å². The van der Waals surface area contributed by atoms with E-state index in [1.54, 1.807) is 0 Å². The summed E-state index contributed by atoms with van der Waals surface area (Å²) in [4.78, 5) is 12.2. The maximum Gasteiger partial charge on any atom is 0.293 e. The zero-order valence-electron chi connectivity index (χ0n) is 7.48. The summed E-state index contributed by atoms with van der Waals surface area (Å²) in [5, 5.41) is 9.53. The molecule has 1 aliphatic rings. The second kappa shape index (κ2) is 5.12. The molecule has 3 nitrogen and oxygen atoms in total. The van der Waals surface area contributed by atoms with Gasteiger partial charge in [0, 0.05) is 16.2 Å². The number of aliphatic hydroxyl groups is 1. The minimum atomic E-state index is -0.445. The number of aliphatic hydroxyl groups excluding tert-OH is 1. The van der Waals surface area contributed by atoms with Crippen LogP contribution in [-0.4, -0.2) is 42.2 Å². The number of nitrogens with zero attached hydrogens (tertiary/aromatic N) is 1. The molecule has 1 heterocycles. The van der Waals surface area contributed by atoms with Crippen molar-refractivity contribution in [2.24, 2.45) is 0 Å². The van der Waals surface area contributed by atoms with Crippen LogP contribution < -0.4 is 0 Å². The molecule has 2 atom stereocenters. The van der Waals surface area contributed by atoms with Crippen molar-refractivity contribution in [3.63, 3.8) is 0 Å². The van der Waals surface area contributed by atoms with Gasteiger partial charge in [-0.25, -0.2) is 0 Å². The van der Waals surface area contributed by atoms with E-state index in [4.69, 9.17) is 0 Å². The minimum Gasteiger partial charge on any atom is -0.387 e. The molecule has 1 radical (unpaired) electrons. The van der Waals surface area contributed by atoms with Crippen molar-refractivity contribution in [2.45, 2.75) is 25.5 Å². The Kier molecular flexibility index (Phi) is 4.41. The number of β-amino-alcohol motifs (C(OH)–C–C–N with tert-alkyl or cyclic N) is 1. The van der Waals surface area contributed by atoms with Gasteiger partial charge in [-0.1, -0.05) is 13.0 Å². The Bertz CT molecular complexity index is 222. The van der Waals surface area contributed by atoms with Crippen molar-refractivity contribution in [3.8, 4) is 0 Å². The Labute approximate surface area is 92.6 Å². The number of hydrogen-bond acceptors (Lipinski definition) is 3. The van der Waals surface area contributed by atoms with E-state index in [9.17, 15) is 9.90 Å². The van der Waals surface area contributed by atoms with Crippen molar-refractivity contribution in [2.75, 3.05) is 6.54 Å². The molecule has 0 aliphatic carbocycles. The van der Waals surface area contributed by atoms with E-state index < -0.39 is 6.10 Å². The zero-order valence-corrected chi connectivity index (χ0v) is 9.64. The predicted octanol–water partition coefficient (Wildman–Crippen LogP) is 0.570. The summed E-state index contributed by atoms with van der Waals surface area (Å²) in [7, 11) is 1.50. The number of hydrogen-bond donors (Lipinski definition) is 1. The fraction of sp³-hybridized carbons (Fsp3) is 0.625. The summed E-state index contributed by atoms with van der Waals surface area (Å²) in [5.74, 6) is 0. The molecule has 71 valence electrons. The lowest BCUT2D eigenvalue weighted by atomic mass is 9.88. The van der Waals surface area contributed by atoms with Crippen LogP contribution in [0.5, 0.6) is 0 Å². The van der Waals surface area contributed by atoms with Crippen molar-refractivity contribution in [3.05, 3.63) is 9.66 Å². The Hall–Kier alpha value is 0.125. The molecule has 1 rings (SSSR count). The zero-order chi connectivity index (χ0) is 9.84. The molecule has 0 saturated carbocycles. The fourth-order valence-corrected chi connectivity index (χ4v) is 2.03. The first-order valence-corrected chi connectivity index (χ1v) is 5.36. The Morgan fingerprint density at radius 1 is 1.92 bits per heavy atom. The molecule has 0 aromatic carbocycles. The predicted molar refractivity (Wildman–Crippen MR) is 61.4 cm³/mol. The molecule has 0 aromatic heterocycles. The van der Waals surface area contributed by atoms with Gasteiger partial charge in [0.1, 0.15) is 0 Å². The van der Waals surface area contributed by atoms with Gasteiger partial charge in [-0.2, -0.15) is 0 Å². The van der Waals surface area contributed by atoms with E-state index in [0.29, 0.717) is 6.54 Å². The highest BCUT2D eigenvalue weighted by molar-refractivity contribution is 14.1. The van der Waals surface area contributed by atoms with E-state index in [2.05, 4.69) is 29.5 Å². The van der Waals surface area contributed by atoms with Crippen LogP contribution >= 0.6 is 22.6 Å². The maximum absolute atomic E-state index is 10.3. The third-order valence-corrected chi connectivity index (χ3v) is 3.23. The van der Waals surface area contributed by atoms with Crippen LogP contribution in [0.2, 0.25) is 0 Å². The van der Waals surface area contributed by atoms with Gasteiger partial charge in [0.2, 0.25) is 0 Å². The smallest absolute Gasteiger partial charge is 0.293 e. The Morgan fingerprint density at radius 2 is 2.62 bits per heavy atom. The molecule has 0 fully saturated rings. The number of carbonyl (C=O) groups excluding carboxylic acids is 1. The lowest BCUT2D eigenvalue weighted by molar-refractivity contribution is 0.164. The molecule has 0 amide bonds. The van der Waals surface area contributed by atoms with Crippen LogP contribution in [0.4, 0.5) is 0 Å². The van der Waals surface area contributed by atoms with Crippen LogP contribution in [-0.2, 0) is 4.79 Å². The Morgan fingerprint density at radius 3 is 3.15 bits per heavy atom. The van der Waals surface area contributed by atoms with Gasteiger partial charge >= 0.3 is 0 Å². The topological polar surface area (TPSA) is 40.5 Å². The van der Waals surface area contributed by atoms with Gasteiger partial charge in [-0.05, 0) is 29.0 Å². The fourth-order valence-electron chi connectivity index (χ4n) is 1.41. The first-order chi connectivity index (χ1) is 6.19. The molecule has 5 heteroatoms. The molecule has 0 spiro atoms. The molecule has 0 unspecified atom stereocenters. The van der Waals surface area contributed by atoms with Gasteiger partial charge in [0.25, 0.3) is 7.41 Å². The lowest BCUT2D eigenvalue weighted by Crippen LogP contribution is -2.46. The largest absolute Gasteiger partial charge is 0.387 e. The summed E-state index contributed by atoms with van der Waals surface area (Å²) >= 11 is 2.14. The average molecular weight is 292 g/mol. The number of carbonyl (C=O) groups is 1. The molecule has 0 saturated heterocycles. The Balaban J connectivity index is 2.70. The molecule has 0 bridgehead atoms. The van der Waals surface area contributed by atoms with Crippen LogP contribution in [0.15, 0.2) is 9.66 Å². The van der Waals surface area contributed by atoms with E-state index >= 15 is 0 Å². The normalized spacial score (nSPS) is 29.6. The quantitative estimate of drug-likeness (QED) is 0.470. The SMILES string of the molecule is CC[C@@H]1C=C(I)[C@H](O)CN1[B]C=O. The summed E-state index contributed by atoms with van der Waals surface area (Å²) in [5.41, 5.74) is 0. The average Bonchev–Trinajstić information content (AvgIpc) is 2.11. The monoisotopic (exact) mass is 292 g/mol. The maximum atomic E-state index is 10.3. The van der Waals surface area contributed by atoms with Crippen LogP contribution in [0, 0.1) is 0 Å². The highest BCUT2D eigenvalue weighted by Gasteiger charge is 2.25. The van der Waals surface area contributed by atoms with E-state index in [0.717, 1.165) is 16.2 Å². The number of rotatable bonds is 3. The standard InChI is InChI=1S/C8H12BINO2/c1-2-6-3-7(10)8(13)4-11(6)9-5-12/h3,5-6,8,13H,2,4H2,1H3/t6-,8-/m1/s1. The lowest BCUT2D eigenvalue weighted by Gasteiger charge is -2.33. The van der Waals surface area contributed by atoms with Crippen molar-refractivity contribution < 1.29 is 9.90 Å². The van der Waals surface area contributed by atoms with Crippen molar-refractivity contribution in [1.82, 2.24) is 4.81 Å². The first kappa shape index (κ1) is 11.2. The van der Waals surface area contributed by atoms with Crippen molar-refractivity contribution >= 4 is 36.2 Å². The third-order valence-electron chi connectivity index (χ3n) is 2.15.